The minimum atomic E-state index is -0.593. The van der Waals surface area contributed by atoms with Crippen molar-refractivity contribution in [2.45, 2.75) is 39.7 Å². The van der Waals surface area contributed by atoms with Crippen molar-refractivity contribution in [3.8, 4) is 0 Å². The van der Waals surface area contributed by atoms with Crippen LogP contribution < -0.4 is 5.32 Å². The summed E-state index contributed by atoms with van der Waals surface area (Å²) in [6.45, 7) is 5.98. The molecule has 2 aromatic heterocycles. The summed E-state index contributed by atoms with van der Waals surface area (Å²) in [5.41, 5.74) is 1.42. The molecule has 0 saturated heterocycles. The molecule has 0 saturated carbocycles. The molecule has 23 heavy (non-hydrogen) atoms. The number of nitrogens with one attached hydrogen (secondary N) is 1. The maximum Gasteiger partial charge on any atom is 0.292 e. The molecule has 0 aromatic carbocycles. The van der Waals surface area contributed by atoms with Crippen molar-refractivity contribution in [2.75, 3.05) is 5.32 Å². The molecule has 1 aliphatic rings. The predicted molar refractivity (Wildman–Crippen MR) is 90.4 cm³/mol. The second-order valence-electron chi connectivity index (χ2n) is 6.77. The number of hydrogen-bond acceptors (Lipinski definition) is 4. The Morgan fingerprint density at radius 1 is 1.48 bits per heavy atom. The van der Waals surface area contributed by atoms with E-state index in [1.807, 2.05) is 6.92 Å². The minimum Gasteiger partial charge on any atom is -0.455 e. The van der Waals surface area contributed by atoms with Crippen molar-refractivity contribution in [2.24, 2.45) is 5.41 Å². The maximum absolute atomic E-state index is 12.5. The van der Waals surface area contributed by atoms with Crippen molar-refractivity contribution >= 4 is 27.7 Å². The van der Waals surface area contributed by atoms with E-state index in [9.17, 15) is 9.90 Å². The smallest absolute Gasteiger partial charge is 0.292 e. The molecule has 1 atom stereocenters. The Balaban J connectivity index is 1.89. The molecule has 2 heterocycles. The zero-order valence-corrected chi connectivity index (χ0v) is 14.9. The highest BCUT2D eigenvalue weighted by Gasteiger charge is 2.37. The van der Waals surface area contributed by atoms with Crippen LogP contribution in [0.4, 0.5) is 5.82 Å². The standard InChI is InChI=1S/C17H19BrN2O3/c1-9-14-11(21)6-17(2,3)7-12(14)23-15(9)16(22)20-13-5-4-10(18)8-19-13/h4-5,8,11,21H,6-7H2,1-3H3,(H,19,20,22). The summed E-state index contributed by atoms with van der Waals surface area (Å²) in [5.74, 6) is 1.06. The normalized spacial score (nSPS) is 19.3. The first-order chi connectivity index (χ1) is 10.8. The SMILES string of the molecule is Cc1c(C(=O)Nc2ccc(Br)cn2)oc2c1C(O)CC(C)(C)C2. The average Bonchev–Trinajstić information content (AvgIpc) is 2.77. The number of furan rings is 1. The summed E-state index contributed by atoms with van der Waals surface area (Å²) >= 11 is 3.30. The second kappa shape index (κ2) is 5.76. The topological polar surface area (TPSA) is 75.4 Å². The number of halogens is 1. The van der Waals surface area contributed by atoms with Gasteiger partial charge in [-0.2, -0.15) is 0 Å². The maximum atomic E-state index is 12.5. The van der Waals surface area contributed by atoms with Gasteiger partial charge < -0.3 is 14.8 Å². The lowest BCUT2D eigenvalue weighted by Gasteiger charge is -2.31. The third kappa shape index (κ3) is 3.19. The van der Waals surface area contributed by atoms with Gasteiger partial charge in [-0.1, -0.05) is 13.8 Å². The van der Waals surface area contributed by atoms with Gasteiger partial charge in [-0.3, -0.25) is 4.79 Å². The van der Waals surface area contributed by atoms with Gasteiger partial charge in [0.1, 0.15) is 11.6 Å². The van der Waals surface area contributed by atoms with Crippen LogP contribution in [-0.2, 0) is 6.42 Å². The number of aliphatic hydroxyl groups is 1. The number of hydrogen-bond donors (Lipinski definition) is 2. The van der Waals surface area contributed by atoms with E-state index in [4.69, 9.17) is 4.42 Å². The van der Waals surface area contributed by atoms with E-state index < -0.39 is 6.10 Å². The molecular weight excluding hydrogens is 360 g/mol. The summed E-state index contributed by atoms with van der Waals surface area (Å²) in [6, 6.07) is 3.51. The largest absolute Gasteiger partial charge is 0.455 e. The number of aromatic nitrogens is 1. The molecule has 0 radical (unpaired) electrons. The lowest BCUT2D eigenvalue weighted by Crippen LogP contribution is -2.24. The van der Waals surface area contributed by atoms with Gasteiger partial charge in [0.05, 0.1) is 6.10 Å². The molecule has 5 nitrogen and oxygen atoms in total. The van der Waals surface area contributed by atoms with Gasteiger partial charge in [0.25, 0.3) is 5.91 Å². The fraction of sp³-hybridized carbons (Fsp3) is 0.412. The summed E-state index contributed by atoms with van der Waals surface area (Å²) in [5, 5.41) is 13.1. The van der Waals surface area contributed by atoms with Gasteiger partial charge in [-0.25, -0.2) is 4.98 Å². The second-order valence-corrected chi connectivity index (χ2v) is 7.69. The van der Waals surface area contributed by atoms with E-state index in [2.05, 4.69) is 40.1 Å². The van der Waals surface area contributed by atoms with Gasteiger partial charge in [0, 0.05) is 28.2 Å². The Labute approximate surface area is 143 Å². The molecule has 1 amide bonds. The summed E-state index contributed by atoms with van der Waals surface area (Å²) in [6.07, 6.45) is 2.40. The van der Waals surface area contributed by atoms with Gasteiger partial charge in [0.2, 0.25) is 0 Å². The zero-order chi connectivity index (χ0) is 16.8. The van der Waals surface area contributed by atoms with E-state index in [1.54, 1.807) is 18.3 Å². The molecule has 2 aromatic rings. The van der Waals surface area contributed by atoms with Crippen LogP contribution in [0.25, 0.3) is 0 Å². The first kappa shape index (κ1) is 16.2. The Morgan fingerprint density at radius 3 is 2.87 bits per heavy atom. The van der Waals surface area contributed by atoms with Crippen LogP contribution in [0.15, 0.2) is 27.2 Å². The third-order valence-electron chi connectivity index (χ3n) is 4.16. The molecule has 1 unspecified atom stereocenters. The number of rotatable bonds is 2. The van der Waals surface area contributed by atoms with Crippen LogP contribution in [0.1, 0.15) is 53.8 Å². The molecule has 6 heteroatoms. The van der Waals surface area contributed by atoms with Gasteiger partial charge in [-0.05, 0) is 46.8 Å². The molecular formula is C17H19BrN2O3. The molecule has 1 aliphatic carbocycles. The Hall–Kier alpha value is -1.66. The minimum absolute atomic E-state index is 0.0439. The lowest BCUT2D eigenvalue weighted by molar-refractivity contribution is 0.0910. The molecule has 0 spiro atoms. The van der Waals surface area contributed by atoms with Crippen molar-refractivity contribution in [1.29, 1.82) is 0 Å². The van der Waals surface area contributed by atoms with Gasteiger partial charge >= 0.3 is 0 Å². The number of fused-ring (bicyclic) bond motifs is 1. The average molecular weight is 379 g/mol. The summed E-state index contributed by atoms with van der Waals surface area (Å²) < 4.78 is 6.63. The number of amides is 1. The van der Waals surface area contributed by atoms with E-state index >= 15 is 0 Å². The number of nitrogens with zero attached hydrogens (tertiary/aromatic N) is 1. The van der Waals surface area contributed by atoms with Crippen molar-refractivity contribution in [3.63, 3.8) is 0 Å². The quantitative estimate of drug-likeness (QED) is 0.827. The Morgan fingerprint density at radius 2 is 2.22 bits per heavy atom. The van der Waals surface area contributed by atoms with E-state index in [0.29, 0.717) is 30.0 Å². The first-order valence-electron chi connectivity index (χ1n) is 7.50. The van der Waals surface area contributed by atoms with Crippen LogP contribution >= 0.6 is 15.9 Å². The zero-order valence-electron chi connectivity index (χ0n) is 13.3. The monoisotopic (exact) mass is 378 g/mol. The molecule has 0 fully saturated rings. The number of carbonyl (C=O) groups is 1. The fourth-order valence-corrected chi connectivity index (χ4v) is 3.36. The fourth-order valence-electron chi connectivity index (χ4n) is 3.13. The molecule has 0 bridgehead atoms. The number of anilines is 1. The van der Waals surface area contributed by atoms with Crippen molar-refractivity contribution < 1.29 is 14.3 Å². The van der Waals surface area contributed by atoms with E-state index in [-0.39, 0.29) is 17.1 Å². The molecule has 0 aliphatic heterocycles. The number of aliphatic hydroxyl groups excluding tert-OH is 1. The predicted octanol–water partition coefficient (Wildman–Crippen LogP) is 4.00. The van der Waals surface area contributed by atoms with Crippen LogP contribution in [-0.4, -0.2) is 16.0 Å². The number of carbonyl (C=O) groups excluding carboxylic acids is 1. The first-order valence-corrected chi connectivity index (χ1v) is 8.29. The highest BCUT2D eigenvalue weighted by atomic mass is 79.9. The lowest BCUT2D eigenvalue weighted by atomic mass is 9.75. The van der Waals surface area contributed by atoms with Crippen LogP contribution in [0.5, 0.6) is 0 Å². The van der Waals surface area contributed by atoms with Crippen LogP contribution in [0.3, 0.4) is 0 Å². The van der Waals surface area contributed by atoms with Gasteiger partial charge in [0.15, 0.2) is 5.76 Å². The van der Waals surface area contributed by atoms with Crippen molar-refractivity contribution in [1.82, 2.24) is 4.98 Å². The number of pyridine rings is 1. The molecule has 3 rings (SSSR count). The van der Waals surface area contributed by atoms with E-state index in [1.165, 1.54) is 0 Å². The summed E-state index contributed by atoms with van der Waals surface area (Å²) in [7, 11) is 0. The van der Waals surface area contributed by atoms with E-state index in [0.717, 1.165) is 10.0 Å². The highest BCUT2D eigenvalue weighted by Crippen LogP contribution is 2.43. The highest BCUT2D eigenvalue weighted by molar-refractivity contribution is 9.10. The third-order valence-corrected chi connectivity index (χ3v) is 4.63. The Kier molecular flexibility index (Phi) is 4.06. The van der Waals surface area contributed by atoms with Gasteiger partial charge in [-0.15, -0.1) is 0 Å². The van der Waals surface area contributed by atoms with Crippen molar-refractivity contribution in [3.05, 3.63) is 45.4 Å². The Bertz CT molecular complexity index is 750. The van der Waals surface area contributed by atoms with Crippen LogP contribution in [0.2, 0.25) is 0 Å². The summed E-state index contributed by atoms with van der Waals surface area (Å²) in [4.78, 5) is 16.6. The van der Waals surface area contributed by atoms with Crippen LogP contribution in [0, 0.1) is 12.3 Å². The molecule has 122 valence electrons. The molecule has 2 N–H and O–H groups in total.